The molecule has 5 heteroatoms. The lowest BCUT2D eigenvalue weighted by Crippen LogP contribution is -2.44. The maximum atomic E-state index is 12.5. The number of piperidine rings is 1. The highest BCUT2D eigenvalue weighted by atomic mass is 35.5. The van der Waals surface area contributed by atoms with E-state index in [9.17, 15) is 4.79 Å². The number of rotatable bonds is 4. The summed E-state index contributed by atoms with van der Waals surface area (Å²) in [6.07, 6.45) is 3.45. The molecule has 0 aliphatic carbocycles. The molecule has 1 aromatic carbocycles. The molecule has 110 valence electrons. The van der Waals surface area contributed by atoms with Crippen LogP contribution in [0.2, 0.25) is 10.0 Å². The summed E-state index contributed by atoms with van der Waals surface area (Å²) < 4.78 is 5.78. The van der Waals surface area contributed by atoms with Gasteiger partial charge < -0.3 is 9.64 Å². The summed E-state index contributed by atoms with van der Waals surface area (Å²) >= 11 is 12.0. The Hall–Kier alpha value is -0.930. The molecule has 1 fully saturated rings. The van der Waals surface area contributed by atoms with Crippen LogP contribution >= 0.6 is 23.2 Å². The summed E-state index contributed by atoms with van der Waals surface area (Å²) in [5.74, 6) is 0.514. The van der Waals surface area contributed by atoms with E-state index in [2.05, 4.69) is 0 Å². The molecular weight excluding hydrogens is 297 g/mol. The van der Waals surface area contributed by atoms with Crippen molar-refractivity contribution in [3.63, 3.8) is 0 Å². The number of carbonyl (C=O) groups is 1. The van der Waals surface area contributed by atoms with Gasteiger partial charge in [-0.3, -0.25) is 4.79 Å². The van der Waals surface area contributed by atoms with Gasteiger partial charge in [0.1, 0.15) is 5.75 Å². The summed E-state index contributed by atoms with van der Waals surface area (Å²) in [7, 11) is 0. The van der Waals surface area contributed by atoms with Crippen LogP contribution in [-0.4, -0.2) is 30.0 Å². The maximum Gasteiger partial charge on any atom is 0.263 e. The van der Waals surface area contributed by atoms with Gasteiger partial charge in [0.15, 0.2) is 6.10 Å². The van der Waals surface area contributed by atoms with Crippen molar-refractivity contribution < 1.29 is 9.53 Å². The van der Waals surface area contributed by atoms with Crippen molar-refractivity contribution in [3.05, 3.63) is 28.2 Å². The lowest BCUT2D eigenvalue weighted by molar-refractivity contribution is -0.139. The van der Waals surface area contributed by atoms with Crippen molar-refractivity contribution in [1.29, 1.82) is 0 Å². The van der Waals surface area contributed by atoms with E-state index in [4.69, 9.17) is 27.9 Å². The highest BCUT2D eigenvalue weighted by molar-refractivity contribution is 6.34. The maximum absolute atomic E-state index is 12.5. The minimum atomic E-state index is -0.496. The first kappa shape index (κ1) is 15.5. The number of nitrogens with zero attached hydrogens (tertiary/aromatic N) is 1. The normalized spacial score (nSPS) is 16.9. The molecule has 0 N–H and O–H groups in total. The van der Waals surface area contributed by atoms with E-state index >= 15 is 0 Å². The molecule has 20 heavy (non-hydrogen) atoms. The van der Waals surface area contributed by atoms with E-state index in [0.717, 1.165) is 25.9 Å². The van der Waals surface area contributed by atoms with Gasteiger partial charge in [0.05, 0.1) is 5.02 Å². The molecule has 0 radical (unpaired) electrons. The van der Waals surface area contributed by atoms with Crippen molar-refractivity contribution in [3.8, 4) is 5.75 Å². The van der Waals surface area contributed by atoms with E-state index in [1.807, 2.05) is 11.8 Å². The van der Waals surface area contributed by atoms with Crippen molar-refractivity contribution in [2.45, 2.75) is 38.7 Å². The lowest BCUT2D eigenvalue weighted by Gasteiger charge is -2.30. The number of likely N-dealkylation sites (tertiary alicyclic amines) is 1. The molecule has 1 saturated heterocycles. The Balaban J connectivity index is 2.07. The zero-order valence-electron chi connectivity index (χ0n) is 11.6. The average Bonchev–Trinajstić information content (AvgIpc) is 2.48. The Labute approximate surface area is 129 Å². The van der Waals surface area contributed by atoms with Gasteiger partial charge >= 0.3 is 0 Å². The van der Waals surface area contributed by atoms with E-state index in [1.165, 1.54) is 6.42 Å². The summed E-state index contributed by atoms with van der Waals surface area (Å²) in [5.41, 5.74) is 0. The number of hydrogen-bond donors (Lipinski definition) is 0. The quantitative estimate of drug-likeness (QED) is 0.834. The van der Waals surface area contributed by atoms with E-state index in [0.29, 0.717) is 22.2 Å². The monoisotopic (exact) mass is 315 g/mol. The SMILES string of the molecule is CCC(Oc1cc(Cl)ccc1Cl)C(=O)N1CCCCC1. The van der Waals surface area contributed by atoms with Gasteiger partial charge in [0.2, 0.25) is 0 Å². The van der Waals surface area contributed by atoms with Crippen LogP contribution in [0, 0.1) is 0 Å². The molecule has 2 rings (SSSR count). The fourth-order valence-electron chi connectivity index (χ4n) is 2.35. The predicted octanol–water partition coefficient (Wildman–Crippen LogP) is 4.16. The van der Waals surface area contributed by atoms with Crippen molar-refractivity contribution in [2.24, 2.45) is 0 Å². The van der Waals surface area contributed by atoms with Crippen LogP contribution in [0.3, 0.4) is 0 Å². The van der Waals surface area contributed by atoms with Crippen molar-refractivity contribution >= 4 is 29.1 Å². The first-order chi connectivity index (χ1) is 9.61. The zero-order chi connectivity index (χ0) is 14.5. The number of benzene rings is 1. The first-order valence-electron chi connectivity index (χ1n) is 7.02. The van der Waals surface area contributed by atoms with Gasteiger partial charge in [-0.25, -0.2) is 0 Å². The summed E-state index contributed by atoms with van der Waals surface area (Å²) in [5, 5.41) is 1.02. The zero-order valence-corrected chi connectivity index (χ0v) is 13.1. The van der Waals surface area contributed by atoms with Crippen LogP contribution in [-0.2, 0) is 4.79 Å². The Morgan fingerprint density at radius 2 is 2.00 bits per heavy atom. The Kier molecular flexibility index (Phi) is 5.55. The summed E-state index contributed by atoms with van der Waals surface area (Å²) in [6.45, 7) is 3.58. The molecule has 1 aliphatic rings. The second kappa shape index (κ2) is 7.19. The second-order valence-corrected chi connectivity index (χ2v) is 5.82. The average molecular weight is 316 g/mol. The third-order valence-corrected chi connectivity index (χ3v) is 4.02. The van der Waals surface area contributed by atoms with Crippen molar-refractivity contribution in [2.75, 3.05) is 13.1 Å². The van der Waals surface area contributed by atoms with E-state index < -0.39 is 6.10 Å². The summed E-state index contributed by atoms with van der Waals surface area (Å²) in [4.78, 5) is 14.3. The van der Waals surface area contributed by atoms with E-state index in [-0.39, 0.29) is 5.91 Å². The molecule has 0 spiro atoms. The lowest BCUT2D eigenvalue weighted by atomic mass is 10.1. The van der Waals surface area contributed by atoms with Crippen molar-refractivity contribution in [1.82, 2.24) is 4.90 Å². The van der Waals surface area contributed by atoms with Crippen LogP contribution < -0.4 is 4.74 Å². The van der Waals surface area contributed by atoms with Gasteiger partial charge in [0, 0.05) is 24.2 Å². The van der Waals surface area contributed by atoms with Crippen LogP contribution in [0.5, 0.6) is 5.75 Å². The van der Waals surface area contributed by atoms with Gasteiger partial charge in [-0.05, 0) is 37.8 Å². The molecular formula is C15H19Cl2NO2. The predicted molar refractivity (Wildman–Crippen MR) is 81.6 cm³/mol. The molecule has 1 unspecified atom stereocenters. The Morgan fingerprint density at radius 3 is 2.65 bits per heavy atom. The number of amides is 1. The third-order valence-electron chi connectivity index (χ3n) is 3.48. The van der Waals surface area contributed by atoms with Gasteiger partial charge in [0.25, 0.3) is 5.91 Å². The standard InChI is InChI=1S/C15H19Cl2NO2/c1-2-13(15(19)18-8-4-3-5-9-18)20-14-10-11(16)6-7-12(14)17/h6-7,10,13H,2-5,8-9H2,1H3. The largest absolute Gasteiger partial charge is 0.479 e. The number of halogens is 2. The molecule has 3 nitrogen and oxygen atoms in total. The van der Waals surface area contributed by atoms with Gasteiger partial charge in [-0.1, -0.05) is 30.1 Å². The number of ether oxygens (including phenoxy) is 1. The first-order valence-corrected chi connectivity index (χ1v) is 7.78. The third kappa shape index (κ3) is 3.80. The topological polar surface area (TPSA) is 29.5 Å². The van der Waals surface area contributed by atoms with Crippen LogP contribution in [0.4, 0.5) is 0 Å². The highest BCUT2D eigenvalue weighted by Crippen LogP contribution is 2.29. The second-order valence-electron chi connectivity index (χ2n) is 4.98. The molecule has 1 aromatic rings. The Morgan fingerprint density at radius 1 is 1.30 bits per heavy atom. The summed E-state index contributed by atoms with van der Waals surface area (Å²) in [6, 6.07) is 5.03. The van der Waals surface area contributed by atoms with Gasteiger partial charge in [-0.15, -0.1) is 0 Å². The fraction of sp³-hybridized carbons (Fsp3) is 0.533. The molecule has 1 heterocycles. The van der Waals surface area contributed by atoms with E-state index in [1.54, 1.807) is 18.2 Å². The van der Waals surface area contributed by atoms with Crippen LogP contribution in [0.25, 0.3) is 0 Å². The van der Waals surface area contributed by atoms with Gasteiger partial charge in [-0.2, -0.15) is 0 Å². The molecule has 1 atom stereocenters. The molecule has 0 aromatic heterocycles. The minimum absolute atomic E-state index is 0.0447. The van der Waals surface area contributed by atoms with Crippen LogP contribution in [0.15, 0.2) is 18.2 Å². The number of carbonyl (C=O) groups excluding carboxylic acids is 1. The molecule has 0 bridgehead atoms. The molecule has 1 aliphatic heterocycles. The minimum Gasteiger partial charge on any atom is -0.479 e. The highest BCUT2D eigenvalue weighted by Gasteiger charge is 2.26. The van der Waals surface area contributed by atoms with Crippen LogP contribution in [0.1, 0.15) is 32.6 Å². The number of hydrogen-bond acceptors (Lipinski definition) is 2. The molecule has 1 amide bonds. The fourth-order valence-corrected chi connectivity index (χ4v) is 2.67. The molecule has 0 saturated carbocycles. The smallest absolute Gasteiger partial charge is 0.263 e. The Bertz CT molecular complexity index is 473.